The minimum absolute atomic E-state index is 0.341. The van der Waals surface area contributed by atoms with Crippen molar-refractivity contribution in [3.63, 3.8) is 0 Å². The van der Waals surface area contributed by atoms with Crippen molar-refractivity contribution in [2.45, 2.75) is 187 Å². The molecule has 28 atom stereocenters. The van der Waals surface area contributed by atoms with Gasteiger partial charge in [0.25, 0.3) is 0 Å². The Kier molecular flexibility index (Phi) is 20.9. The van der Waals surface area contributed by atoms with Gasteiger partial charge in [0.05, 0.1) is 44.0 Å². The van der Waals surface area contributed by atoms with E-state index in [1.54, 1.807) is 4.72 Å². The SMILES string of the molecule is CC(=O)NC1C(OC2C(C(=O)O)OC(OC3C4COC(O4)C(NS(=O)(=O)O)C3O)C(O)C2O)OC(CO)C(OC2CC(C(=O)O)C(OC3OC(COS(=O)(=O)O)C(OC4OC(C(=O)O)=CC(O)C4O)C(O)C3NC(C)=O)C(O)C2O)C1C. The van der Waals surface area contributed by atoms with E-state index in [0.29, 0.717) is 6.08 Å². The van der Waals surface area contributed by atoms with Crippen molar-refractivity contribution in [1.29, 1.82) is 0 Å². The van der Waals surface area contributed by atoms with E-state index < -0.39 is 247 Å². The lowest BCUT2D eigenvalue weighted by molar-refractivity contribution is -0.355. The molecule has 7 aliphatic rings. The summed E-state index contributed by atoms with van der Waals surface area (Å²) in [6.45, 7) is 0.623. The summed E-state index contributed by atoms with van der Waals surface area (Å²) in [5.41, 5.74) is 0. The molecule has 0 aromatic rings. The topological polar surface area (TPSA) is 584 Å². The van der Waals surface area contributed by atoms with Crippen molar-refractivity contribution < 1.29 is 167 Å². The van der Waals surface area contributed by atoms with Gasteiger partial charge in [0.1, 0.15) is 104 Å². The fourth-order valence-corrected chi connectivity index (χ4v) is 11.4. The van der Waals surface area contributed by atoms with E-state index in [0.717, 1.165) is 13.8 Å². The number of aliphatic hydroxyl groups excluding tert-OH is 9. The smallest absolute Gasteiger partial charge is 0.397 e. The summed E-state index contributed by atoms with van der Waals surface area (Å²) in [4.78, 5) is 62.6. The van der Waals surface area contributed by atoms with Gasteiger partial charge in [0, 0.05) is 19.8 Å². The molecule has 468 valence electrons. The lowest BCUT2D eigenvalue weighted by Gasteiger charge is -2.50. The molecule has 1 saturated carbocycles. The van der Waals surface area contributed by atoms with Crippen LogP contribution in [0.4, 0.5) is 0 Å². The molecule has 17 N–H and O–H groups in total. The fourth-order valence-electron chi connectivity index (χ4n) is 10.5. The average Bonchev–Trinajstić information content (AvgIpc) is 3.92. The number of hydrogen-bond donors (Lipinski definition) is 17. The third-order valence-corrected chi connectivity index (χ3v) is 15.4. The van der Waals surface area contributed by atoms with Crippen LogP contribution in [0.5, 0.6) is 0 Å². The number of ether oxygens (including phenoxy) is 11. The first-order chi connectivity index (χ1) is 38.2. The zero-order chi connectivity index (χ0) is 60.8. The number of aliphatic hydroxyl groups is 9. The predicted molar refractivity (Wildman–Crippen MR) is 248 cm³/mol. The highest BCUT2D eigenvalue weighted by Crippen LogP contribution is 2.40. The summed E-state index contributed by atoms with van der Waals surface area (Å²) in [5.74, 6) is -11.3. The number of carboxylic acid groups (broad SMARTS) is 3. The Morgan fingerprint density at radius 2 is 1.20 bits per heavy atom. The number of rotatable bonds is 21. The zero-order valence-corrected chi connectivity index (χ0v) is 44.4. The number of aliphatic carboxylic acids is 3. The maximum absolute atomic E-state index is 13.0. The molecule has 6 heterocycles. The van der Waals surface area contributed by atoms with E-state index in [-0.39, 0.29) is 6.61 Å². The Hall–Kier alpha value is -4.13. The first-order valence-electron chi connectivity index (χ1n) is 24.7. The van der Waals surface area contributed by atoms with Crippen LogP contribution in [0.15, 0.2) is 11.8 Å². The van der Waals surface area contributed by atoms with E-state index in [9.17, 15) is 111 Å². The van der Waals surface area contributed by atoms with Crippen molar-refractivity contribution in [3.8, 4) is 0 Å². The van der Waals surface area contributed by atoms with Crippen LogP contribution in [-0.4, -0.2) is 296 Å². The summed E-state index contributed by atoms with van der Waals surface area (Å²) in [7, 11) is -10.3. The molecule has 6 fully saturated rings. The number of hydrogen-bond acceptors (Lipinski definition) is 30. The quantitative estimate of drug-likeness (QED) is 0.0475. The molecule has 7 rings (SSSR count). The molecule has 2 amide bonds. The van der Waals surface area contributed by atoms with Gasteiger partial charge in [-0.25, -0.2) is 13.8 Å². The predicted octanol–water partition coefficient (Wildman–Crippen LogP) is -10.2. The molecular weight excluding hydrogens is 1170 g/mol. The van der Waals surface area contributed by atoms with Gasteiger partial charge in [-0.1, -0.05) is 6.92 Å². The van der Waals surface area contributed by atoms with Crippen molar-refractivity contribution >= 4 is 50.4 Å². The zero-order valence-electron chi connectivity index (χ0n) is 42.7. The summed E-state index contributed by atoms with van der Waals surface area (Å²) >= 11 is 0. The first kappa shape index (κ1) is 65.4. The summed E-state index contributed by atoms with van der Waals surface area (Å²) < 4.78 is 134. The molecule has 1 aliphatic carbocycles. The number of amides is 2. The Morgan fingerprint density at radius 3 is 1.78 bits per heavy atom. The number of carbonyl (C=O) groups excluding carboxylic acids is 2. The lowest BCUT2D eigenvalue weighted by atomic mass is 9.79. The van der Waals surface area contributed by atoms with Crippen molar-refractivity contribution in [3.05, 3.63) is 11.8 Å². The normalized spacial score (nSPS) is 44.3. The van der Waals surface area contributed by atoms with Crippen LogP contribution in [0.25, 0.3) is 0 Å². The highest BCUT2D eigenvalue weighted by molar-refractivity contribution is 7.83. The van der Waals surface area contributed by atoms with Crippen LogP contribution in [0.1, 0.15) is 27.2 Å². The van der Waals surface area contributed by atoms with E-state index in [1.165, 1.54) is 6.92 Å². The monoisotopic (exact) mass is 1230 g/mol. The Morgan fingerprint density at radius 1 is 0.622 bits per heavy atom. The third kappa shape index (κ3) is 14.7. The van der Waals surface area contributed by atoms with Gasteiger partial charge in [-0.3, -0.25) is 23.5 Å². The Balaban J connectivity index is 1.08. The maximum atomic E-state index is 13.0. The van der Waals surface area contributed by atoms with E-state index in [2.05, 4.69) is 14.8 Å². The van der Waals surface area contributed by atoms with Crippen LogP contribution in [0.2, 0.25) is 0 Å². The minimum atomic E-state index is -5.36. The van der Waals surface area contributed by atoms with Gasteiger partial charge in [-0.15, -0.1) is 0 Å². The number of nitrogens with one attached hydrogen (secondary N) is 3. The Bertz CT molecular complexity index is 2570. The molecule has 0 radical (unpaired) electrons. The second-order valence-corrected chi connectivity index (χ2v) is 22.3. The molecule has 0 aromatic heterocycles. The summed E-state index contributed by atoms with van der Waals surface area (Å²) in [6.07, 6.45) is -45.8. The molecule has 0 aromatic carbocycles. The van der Waals surface area contributed by atoms with Gasteiger partial charge in [0.2, 0.25) is 23.9 Å². The second kappa shape index (κ2) is 26.2. The summed E-state index contributed by atoms with van der Waals surface area (Å²) in [6, 6.07) is -5.14. The van der Waals surface area contributed by atoms with Crippen molar-refractivity contribution in [2.24, 2.45) is 11.8 Å². The largest absolute Gasteiger partial charge is 0.481 e. The van der Waals surface area contributed by atoms with Crippen molar-refractivity contribution in [2.75, 3.05) is 19.8 Å². The average molecular weight is 1230 g/mol. The Labute approximate surface area is 462 Å². The second-order valence-electron chi connectivity index (χ2n) is 20.0. The highest BCUT2D eigenvalue weighted by Gasteiger charge is 2.59. The molecule has 82 heavy (non-hydrogen) atoms. The van der Waals surface area contributed by atoms with Gasteiger partial charge < -0.3 is 124 Å². The molecule has 0 spiro atoms. The van der Waals surface area contributed by atoms with E-state index in [1.807, 2.05) is 0 Å². The summed E-state index contributed by atoms with van der Waals surface area (Å²) in [5, 5.41) is 135. The minimum Gasteiger partial charge on any atom is -0.481 e. The third-order valence-electron chi connectivity index (χ3n) is 14.4. The number of carboxylic acids is 3. The molecular formula is C42H63N3O35S2. The van der Waals surface area contributed by atoms with Crippen LogP contribution in [0, 0.1) is 11.8 Å². The van der Waals surface area contributed by atoms with Crippen molar-refractivity contribution in [1.82, 2.24) is 15.4 Å². The van der Waals surface area contributed by atoms with Gasteiger partial charge in [-0.2, -0.15) is 21.6 Å². The van der Waals surface area contributed by atoms with Crippen LogP contribution >= 0.6 is 0 Å². The van der Waals surface area contributed by atoms with Crippen LogP contribution < -0.4 is 15.4 Å². The molecule has 6 aliphatic heterocycles. The van der Waals surface area contributed by atoms with Gasteiger partial charge in [-0.05, 0) is 12.5 Å². The maximum Gasteiger partial charge on any atom is 0.397 e. The van der Waals surface area contributed by atoms with Gasteiger partial charge in [0.15, 0.2) is 31.3 Å². The standard InChI is InChI=1S/C42H63N3O35S2/c1-9-19(43-10(2)47)39(79-33-27(55)28(56)42(80-34(33)37(61)62)78-31-17-7-69-38(74-17)21(25(31)53)45-81(63,64)65)73-16(6-46)29(9)71-14-4-12(35(57)58)30(26(54)23(14)51)76-40-20(44-11(3)48)24(52)32(18(75-40)8-70-82(66,67)68)77-41-22(50)13(49)5-15(72-41)36(59)60/h5,9,12-14,16-34,38-42,45-46,49-56H,4,6-8H2,1-3H3,(H,43,47)(H,44,48)(H,57,58)(H,59,60)(H,61,62)(H,63,64,65)(H,66,67,68). The lowest BCUT2D eigenvalue weighted by Crippen LogP contribution is -2.69. The molecule has 38 nitrogen and oxygen atoms in total. The van der Waals surface area contributed by atoms with Crippen LogP contribution in [0.3, 0.4) is 0 Å². The molecule has 28 unspecified atom stereocenters. The molecule has 5 saturated heterocycles. The highest BCUT2D eigenvalue weighted by atomic mass is 32.3. The number of carbonyl (C=O) groups is 5. The van der Waals surface area contributed by atoms with E-state index >= 15 is 0 Å². The molecule has 2 bridgehead atoms. The molecule has 40 heteroatoms. The van der Waals surface area contributed by atoms with Gasteiger partial charge >= 0.3 is 38.6 Å². The van der Waals surface area contributed by atoms with Crippen LogP contribution in [-0.2, 0) is 101 Å². The first-order valence-corrected chi connectivity index (χ1v) is 27.5. The fraction of sp³-hybridized carbons (Fsp3) is 0.833. The number of fused-ring (bicyclic) bond motifs is 2. The van der Waals surface area contributed by atoms with E-state index in [4.69, 9.17) is 52.1 Å².